The molecule has 1 heterocycles. The summed E-state index contributed by atoms with van der Waals surface area (Å²) in [6.07, 6.45) is 2.97. The Balaban J connectivity index is 1.43. The fourth-order valence-electron chi connectivity index (χ4n) is 5.73. The minimum atomic E-state index is -0.264. The molecule has 1 N–H and O–H groups in total. The summed E-state index contributed by atoms with van der Waals surface area (Å²) in [6, 6.07) is 15.5. The van der Waals surface area contributed by atoms with Gasteiger partial charge in [-0.05, 0) is 68.7 Å². The van der Waals surface area contributed by atoms with E-state index in [-0.39, 0.29) is 42.0 Å². The SMILES string of the molecule is CC[C@@H](OC(=O)N(C[C@@H]1CNC[C@H]1CN(C(=O)c1ccc(OC)c(OCCCOC)c1)C(C)C)C1CC1)c1ccccc1. The molecule has 2 amide bonds. The molecule has 43 heavy (non-hydrogen) atoms. The third kappa shape index (κ3) is 8.86. The fourth-order valence-corrected chi connectivity index (χ4v) is 5.73. The Labute approximate surface area is 256 Å². The molecule has 2 aromatic carbocycles. The van der Waals surface area contributed by atoms with Gasteiger partial charge in [0.2, 0.25) is 0 Å². The molecule has 0 spiro atoms. The molecule has 4 rings (SSSR count). The van der Waals surface area contributed by atoms with Gasteiger partial charge in [-0.15, -0.1) is 0 Å². The largest absolute Gasteiger partial charge is 0.493 e. The van der Waals surface area contributed by atoms with Crippen LogP contribution in [0.4, 0.5) is 4.79 Å². The first-order chi connectivity index (χ1) is 20.9. The summed E-state index contributed by atoms with van der Waals surface area (Å²) in [4.78, 5) is 31.2. The van der Waals surface area contributed by atoms with Crippen LogP contribution in [0.5, 0.6) is 11.5 Å². The van der Waals surface area contributed by atoms with Gasteiger partial charge in [0.05, 0.1) is 13.7 Å². The quantitative estimate of drug-likeness (QED) is 0.255. The van der Waals surface area contributed by atoms with E-state index < -0.39 is 0 Å². The van der Waals surface area contributed by atoms with Gasteiger partial charge in [-0.1, -0.05) is 37.3 Å². The van der Waals surface area contributed by atoms with E-state index in [1.165, 1.54) is 0 Å². The predicted molar refractivity (Wildman–Crippen MR) is 167 cm³/mol. The lowest BCUT2D eigenvalue weighted by molar-refractivity contribution is 0.0490. The molecule has 1 saturated heterocycles. The van der Waals surface area contributed by atoms with E-state index in [2.05, 4.69) is 5.32 Å². The number of rotatable bonds is 16. The van der Waals surface area contributed by atoms with Crippen LogP contribution in [0.3, 0.4) is 0 Å². The van der Waals surface area contributed by atoms with Gasteiger partial charge < -0.3 is 34.1 Å². The van der Waals surface area contributed by atoms with Crippen LogP contribution >= 0.6 is 0 Å². The highest BCUT2D eigenvalue weighted by molar-refractivity contribution is 5.95. The zero-order chi connectivity index (χ0) is 30.8. The Morgan fingerprint density at radius 3 is 2.30 bits per heavy atom. The normalized spacial score (nSPS) is 18.7. The summed E-state index contributed by atoms with van der Waals surface area (Å²) in [7, 11) is 3.25. The maximum absolute atomic E-state index is 13.9. The van der Waals surface area contributed by atoms with Crippen LogP contribution in [0.25, 0.3) is 0 Å². The van der Waals surface area contributed by atoms with Crippen LogP contribution < -0.4 is 14.8 Å². The van der Waals surface area contributed by atoms with Crippen molar-refractivity contribution >= 4 is 12.0 Å². The van der Waals surface area contributed by atoms with Crippen molar-refractivity contribution in [3.63, 3.8) is 0 Å². The lowest BCUT2D eigenvalue weighted by Crippen LogP contribution is -2.45. The van der Waals surface area contributed by atoms with Gasteiger partial charge >= 0.3 is 6.09 Å². The monoisotopic (exact) mass is 595 g/mol. The summed E-state index contributed by atoms with van der Waals surface area (Å²) < 4.78 is 22.6. The second kappa shape index (κ2) is 16.0. The topological polar surface area (TPSA) is 89.6 Å². The second-order valence-electron chi connectivity index (χ2n) is 11.9. The lowest BCUT2D eigenvalue weighted by atomic mass is 9.94. The van der Waals surface area contributed by atoms with Crippen molar-refractivity contribution in [3.05, 3.63) is 59.7 Å². The van der Waals surface area contributed by atoms with Gasteiger partial charge in [-0.3, -0.25) is 4.79 Å². The van der Waals surface area contributed by atoms with Gasteiger partial charge in [0, 0.05) is 64.0 Å². The standard InChI is InChI=1S/C34H49N3O6/c1-6-30(25-11-8-7-9-12-25)43-34(39)37(29-14-15-29)23-28-21-35-20-27(28)22-36(24(2)3)33(38)26-13-16-31(41-5)32(19-26)42-18-10-17-40-4/h7-9,11-13,16,19,24,27-30,35H,6,10,14-15,17-18,20-23H2,1-5H3/t27-,28-,30+/m0/s1. The van der Waals surface area contributed by atoms with Gasteiger partial charge in [0.25, 0.3) is 5.91 Å². The lowest BCUT2D eigenvalue weighted by Gasteiger charge is -2.34. The Morgan fingerprint density at radius 1 is 0.953 bits per heavy atom. The van der Waals surface area contributed by atoms with Crippen LogP contribution in [0.15, 0.2) is 48.5 Å². The van der Waals surface area contributed by atoms with Crippen molar-refractivity contribution < 1.29 is 28.5 Å². The zero-order valence-electron chi connectivity index (χ0n) is 26.4. The molecule has 1 aliphatic heterocycles. The Morgan fingerprint density at radius 2 is 1.67 bits per heavy atom. The number of nitrogens with one attached hydrogen (secondary N) is 1. The van der Waals surface area contributed by atoms with Gasteiger partial charge in [-0.25, -0.2) is 4.79 Å². The van der Waals surface area contributed by atoms with Crippen LogP contribution in [-0.2, 0) is 9.47 Å². The molecule has 1 saturated carbocycles. The van der Waals surface area contributed by atoms with Crippen molar-refractivity contribution in [2.75, 3.05) is 53.6 Å². The molecule has 2 aromatic rings. The first-order valence-corrected chi connectivity index (χ1v) is 15.7. The molecule has 3 atom stereocenters. The Hall–Kier alpha value is -3.30. The highest BCUT2D eigenvalue weighted by Crippen LogP contribution is 2.33. The summed E-state index contributed by atoms with van der Waals surface area (Å²) >= 11 is 0. The summed E-state index contributed by atoms with van der Waals surface area (Å²) in [5.41, 5.74) is 1.58. The Bertz CT molecular complexity index is 1170. The third-order valence-electron chi connectivity index (χ3n) is 8.39. The molecular formula is C34H49N3O6. The van der Waals surface area contributed by atoms with E-state index >= 15 is 0 Å². The number of methoxy groups -OCH3 is 2. The van der Waals surface area contributed by atoms with Gasteiger partial charge in [0.15, 0.2) is 11.5 Å². The van der Waals surface area contributed by atoms with Crippen molar-refractivity contribution in [1.82, 2.24) is 15.1 Å². The van der Waals surface area contributed by atoms with Crippen LogP contribution in [0, 0.1) is 11.8 Å². The number of hydrogen-bond acceptors (Lipinski definition) is 7. The van der Waals surface area contributed by atoms with Crippen molar-refractivity contribution in [2.45, 2.75) is 64.6 Å². The highest BCUT2D eigenvalue weighted by atomic mass is 16.6. The molecule has 0 aromatic heterocycles. The van der Waals surface area contributed by atoms with Crippen molar-refractivity contribution in [3.8, 4) is 11.5 Å². The Kier molecular flexibility index (Phi) is 12.1. The number of benzene rings is 2. The third-order valence-corrected chi connectivity index (χ3v) is 8.39. The highest BCUT2D eigenvalue weighted by Gasteiger charge is 2.40. The molecule has 9 heteroatoms. The molecule has 236 valence electrons. The van der Waals surface area contributed by atoms with E-state index in [1.807, 2.05) is 60.9 Å². The molecule has 1 aliphatic carbocycles. The predicted octanol–water partition coefficient (Wildman–Crippen LogP) is 5.55. The van der Waals surface area contributed by atoms with Gasteiger partial charge in [0.1, 0.15) is 6.10 Å². The molecule has 0 bridgehead atoms. The number of nitrogens with zero attached hydrogens (tertiary/aromatic N) is 2. The number of hydrogen-bond donors (Lipinski definition) is 1. The van der Waals surface area contributed by atoms with Crippen molar-refractivity contribution in [1.29, 1.82) is 0 Å². The first kappa shape index (κ1) is 32.6. The summed E-state index contributed by atoms with van der Waals surface area (Å²) in [5, 5.41) is 3.52. The van der Waals surface area contributed by atoms with Gasteiger partial charge in [-0.2, -0.15) is 0 Å². The minimum Gasteiger partial charge on any atom is -0.493 e. The van der Waals surface area contributed by atoms with E-state index in [0.717, 1.165) is 44.3 Å². The molecule has 9 nitrogen and oxygen atoms in total. The maximum atomic E-state index is 13.9. The van der Waals surface area contributed by atoms with E-state index in [0.29, 0.717) is 43.4 Å². The van der Waals surface area contributed by atoms with E-state index in [1.54, 1.807) is 32.4 Å². The second-order valence-corrected chi connectivity index (χ2v) is 11.9. The first-order valence-electron chi connectivity index (χ1n) is 15.7. The molecule has 2 fully saturated rings. The zero-order valence-corrected chi connectivity index (χ0v) is 26.4. The fraction of sp³-hybridized carbons (Fsp3) is 0.588. The number of amides is 2. The molecule has 2 aliphatic rings. The summed E-state index contributed by atoms with van der Waals surface area (Å²) in [5.74, 6) is 1.52. The average molecular weight is 596 g/mol. The van der Waals surface area contributed by atoms with Crippen LogP contribution in [0.2, 0.25) is 0 Å². The average Bonchev–Trinajstić information content (AvgIpc) is 3.77. The maximum Gasteiger partial charge on any atom is 0.410 e. The minimum absolute atomic E-state index is 0.00242. The smallest absolute Gasteiger partial charge is 0.410 e. The van der Waals surface area contributed by atoms with E-state index in [4.69, 9.17) is 18.9 Å². The van der Waals surface area contributed by atoms with Crippen LogP contribution in [0.1, 0.15) is 68.5 Å². The summed E-state index contributed by atoms with van der Waals surface area (Å²) in [6.45, 7) is 10.0. The number of carbonyl (C=O) groups is 2. The van der Waals surface area contributed by atoms with Crippen LogP contribution in [-0.4, -0.2) is 87.5 Å². The number of ether oxygens (including phenoxy) is 4. The number of carbonyl (C=O) groups excluding carboxylic acids is 2. The molecule has 0 unspecified atom stereocenters. The molecule has 0 radical (unpaired) electrons. The van der Waals surface area contributed by atoms with Crippen molar-refractivity contribution in [2.24, 2.45) is 11.8 Å². The van der Waals surface area contributed by atoms with E-state index in [9.17, 15) is 9.59 Å². The molecular weight excluding hydrogens is 546 g/mol.